The number of amides is 1. The van der Waals surface area contributed by atoms with Crippen molar-refractivity contribution in [3.63, 3.8) is 0 Å². The van der Waals surface area contributed by atoms with Gasteiger partial charge in [0.25, 0.3) is 0 Å². The first-order chi connectivity index (χ1) is 11.3. The summed E-state index contributed by atoms with van der Waals surface area (Å²) >= 11 is 0. The summed E-state index contributed by atoms with van der Waals surface area (Å²) in [7, 11) is 1.79. The highest BCUT2D eigenvalue weighted by Gasteiger charge is 2.30. The van der Waals surface area contributed by atoms with Crippen molar-refractivity contribution in [2.45, 2.75) is 18.9 Å². The quantitative estimate of drug-likeness (QED) is 0.922. The van der Waals surface area contributed by atoms with Gasteiger partial charge in [-0.2, -0.15) is 0 Å². The molecule has 1 aliphatic rings. The predicted molar refractivity (Wildman–Crippen MR) is 88.4 cm³/mol. The second-order valence-corrected chi connectivity index (χ2v) is 5.59. The molecule has 5 heteroatoms. The molecular weight excluding hydrogens is 290 g/mol. The highest BCUT2D eigenvalue weighted by atomic mass is 16.5. The van der Waals surface area contributed by atoms with Gasteiger partial charge >= 0.3 is 0 Å². The zero-order chi connectivity index (χ0) is 16.1. The van der Waals surface area contributed by atoms with Gasteiger partial charge in [-0.3, -0.25) is 4.79 Å². The van der Waals surface area contributed by atoms with Crippen molar-refractivity contribution in [3.05, 3.63) is 54.2 Å². The Morgan fingerprint density at radius 2 is 2.09 bits per heavy atom. The van der Waals surface area contributed by atoms with E-state index >= 15 is 0 Å². The van der Waals surface area contributed by atoms with Gasteiger partial charge in [0.1, 0.15) is 5.75 Å². The van der Waals surface area contributed by atoms with Crippen LogP contribution in [0.4, 0.5) is 0 Å². The third-order valence-corrected chi connectivity index (χ3v) is 3.95. The van der Waals surface area contributed by atoms with E-state index < -0.39 is 0 Å². The summed E-state index contributed by atoms with van der Waals surface area (Å²) < 4.78 is 5.79. The largest absolute Gasteiger partial charge is 0.439 e. The molecule has 1 aromatic carbocycles. The average molecular weight is 311 g/mol. The molecule has 0 radical (unpaired) electrons. The first-order valence-electron chi connectivity index (χ1n) is 7.92. The first-order valence-corrected chi connectivity index (χ1v) is 7.92. The number of aromatic nitrogens is 1. The third kappa shape index (κ3) is 3.68. The molecule has 0 aliphatic carbocycles. The zero-order valence-corrected chi connectivity index (χ0v) is 13.2. The van der Waals surface area contributed by atoms with Crippen LogP contribution in [0.25, 0.3) is 0 Å². The molecule has 1 fully saturated rings. The molecular formula is C18H21N3O2. The first kappa shape index (κ1) is 15.5. The minimum atomic E-state index is 0.0372. The number of carbonyl (C=O) groups excluding carboxylic acids is 1. The molecule has 23 heavy (non-hydrogen) atoms. The molecule has 3 rings (SSSR count). The fraction of sp³-hybridized carbons (Fsp3) is 0.333. The molecule has 2 aromatic rings. The molecule has 1 aromatic heterocycles. The number of benzene rings is 1. The Balaban J connectivity index is 1.77. The van der Waals surface area contributed by atoms with E-state index in [1.54, 1.807) is 7.05 Å². The van der Waals surface area contributed by atoms with E-state index in [-0.39, 0.29) is 11.9 Å². The van der Waals surface area contributed by atoms with Crippen LogP contribution in [0.2, 0.25) is 0 Å². The molecule has 1 amide bonds. The van der Waals surface area contributed by atoms with Crippen LogP contribution in [0.1, 0.15) is 24.6 Å². The van der Waals surface area contributed by atoms with Gasteiger partial charge in [0.05, 0.1) is 18.3 Å². The number of pyridine rings is 1. The molecule has 1 saturated heterocycles. The van der Waals surface area contributed by atoms with Crippen molar-refractivity contribution in [2.75, 3.05) is 20.1 Å². The van der Waals surface area contributed by atoms with Crippen molar-refractivity contribution in [3.8, 4) is 11.6 Å². The minimum absolute atomic E-state index is 0.0372. The van der Waals surface area contributed by atoms with Crippen LogP contribution in [0.5, 0.6) is 11.6 Å². The second kappa shape index (κ2) is 7.24. The van der Waals surface area contributed by atoms with Crippen molar-refractivity contribution in [2.24, 2.45) is 0 Å². The molecule has 5 nitrogen and oxygen atoms in total. The summed E-state index contributed by atoms with van der Waals surface area (Å²) in [6, 6.07) is 15.4. The number of nitrogens with zero attached hydrogens (tertiary/aromatic N) is 2. The zero-order valence-electron chi connectivity index (χ0n) is 13.2. The van der Waals surface area contributed by atoms with E-state index in [4.69, 9.17) is 4.74 Å². The van der Waals surface area contributed by atoms with Gasteiger partial charge in [0.15, 0.2) is 0 Å². The van der Waals surface area contributed by atoms with Gasteiger partial charge in [0.2, 0.25) is 11.8 Å². The lowest BCUT2D eigenvalue weighted by atomic mass is 10.1. The maximum atomic E-state index is 12.2. The van der Waals surface area contributed by atoms with Gasteiger partial charge in [0, 0.05) is 12.6 Å². The smallest absolute Gasteiger partial charge is 0.237 e. The third-order valence-electron chi connectivity index (χ3n) is 3.95. The topological polar surface area (TPSA) is 54.5 Å². The maximum Gasteiger partial charge on any atom is 0.237 e. The highest BCUT2D eigenvalue weighted by Crippen LogP contribution is 2.32. The van der Waals surface area contributed by atoms with Gasteiger partial charge in [-0.1, -0.05) is 24.3 Å². The van der Waals surface area contributed by atoms with Gasteiger partial charge in [-0.15, -0.1) is 0 Å². The Hall–Kier alpha value is -2.40. The standard InChI is InChI=1S/C18H21N3O2/c1-19-13-18(22)21-12-6-10-16(21)15-9-5-11-17(20-15)23-14-7-3-2-4-8-14/h2-5,7-9,11,16,19H,6,10,12-13H2,1H3. The summed E-state index contributed by atoms with van der Waals surface area (Å²) in [4.78, 5) is 18.7. The number of ether oxygens (including phenoxy) is 1. The summed E-state index contributed by atoms with van der Waals surface area (Å²) in [6.07, 6.45) is 1.95. The van der Waals surface area contributed by atoms with E-state index in [0.29, 0.717) is 12.4 Å². The van der Waals surface area contributed by atoms with E-state index in [0.717, 1.165) is 30.8 Å². The van der Waals surface area contributed by atoms with Gasteiger partial charge in [-0.25, -0.2) is 4.98 Å². The van der Waals surface area contributed by atoms with Crippen molar-refractivity contribution >= 4 is 5.91 Å². The molecule has 120 valence electrons. The number of likely N-dealkylation sites (tertiary alicyclic amines) is 1. The van der Waals surface area contributed by atoms with Crippen LogP contribution in [0.15, 0.2) is 48.5 Å². The Morgan fingerprint density at radius 3 is 2.87 bits per heavy atom. The second-order valence-electron chi connectivity index (χ2n) is 5.59. The number of carbonyl (C=O) groups is 1. The molecule has 0 bridgehead atoms. The molecule has 1 unspecified atom stereocenters. The van der Waals surface area contributed by atoms with Crippen LogP contribution in [0, 0.1) is 0 Å². The average Bonchev–Trinajstić information content (AvgIpc) is 3.06. The number of hydrogen-bond acceptors (Lipinski definition) is 4. The number of likely N-dealkylation sites (N-methyl/N-ethyl adjacent to an activating group) is 1. The highest BCUT2D eigenvalue weighted by molar-refractivity contribution is 5.79. The lowest BCUT2D eigenvalue weighted by molar-refractivity contribution is -0.131. The Labute approximate surface area is 136 Å². The van der Waals surface area contributed by atoms with Crippen LogP contribution in [-0.4, -0.2) is 35.9 Å². The van der Waals surface area contributed by atoms with Crippen LogP contribution in [-0.2, 0) is 4.79 Å². The molecule has 0 spiro atoms. The van der Waals surface area contributed by atoms with E-state index in [9.17, 15) is 4.79 Å². The predicted octanol–water partition coefficient (Wildman–Crippen LogP) is 2.76. The number of nitrogens with one attached hydrogen (secondary N) is 1. The Morgan fingerprint density at radius 1 is 1.26 bits per heavy atom. The van der Waals surface area contributed by atoms with Crippen LogP contribution >= 0.6 is 0 Å². The molecule has 2 heterocycles. The van der Waals surface area contributed by atoms with E-state index in [1.165, 1.54) is 0 Å². The number of hydrogen-bond donors (Lipinski definition) is 1. The lowest BCUT2D eigenvalue weighted by Gasteiger charge is -2.24. The van der Waals surface area contributed by atoms with Gasteiger partial charge in [-0.05, 0) is 38.1 Å². The fourth-order valence-electron chi connectivity index (χ4n) is 2.91. The molecule has 1 atom stereocenters. The lowest BCUT2D eigenvalue weighted by Crippen LogP contribution is -2.36. The van der Waals surface area contributed by atoms with Crippen molar-refractivity contribution in [1.82, 2.24) is 15.2 Å². The Kier molecular flexibility index (Phi) is 4.88. The van der Waals surface area contributed by atoms with E-state index in [2.05, 4.69) is 10.3 Å². The van der Waals surface area contributed by atoms with Crippen LogP contribution < -0.4 is 10.1 Å². The molecule has 1 aliphatic heterocycles. The molecule has 0 saturated carbocycles. The normalized spacial score (nSPS) is 17.3. The summed E-state index contributed by atoms with van der Waals surface area (Å²) in [5, 5.41) is 2.92. The minimum Gasteiger partial charge on any atom is -0.439 e. The van der Waals surface area contributed by atoms with Gasteiger partial charge < -0.3 is 15.0 Å². The van der Waals surface area contributed by atoms with E-state index in [1.807, 2.05) is 53.4 Å². The molecule has 1 N–H and O–H groups in total. The SMILES string of the molecule is CNCC(=O)N1CCCC1c1cccc(Oc2ccccc2)n1. The van der Waals surface area contributed by atoms with Crippen molar-refractivity contribution in [1.29, 1.82) is 0 Å². The Bertz CT molecular complexity index is 660. The maximum absolute atomic E-state index is 12.2. The number of para-hydroxylation sites is 1. The fourth-order valence-corrected chi connectivity index (χ4v) is 2.91. The summed E-state index contributed by atoms with van der Waals surface area (Å²) in [5.74, 6) is 1.43. The van der Waals surface area contributed by atoms with Crippen LogP contribution in [0.3, 0.4) is 0 Å². The summed E-state index contributed by atoms with van der Waals surface area (Å²) in [6.45, 7) is 1.15. The summed E-state index contributed by atoms with van der Waals surface area (Å²) in [5.41, 5.74) is 0.889. The number of rotatable bonds is 5. The van der Waals surface area contributed by atoms with Crippen molar-refractivity contribution < 1.29 is 9.53 Å². The monoisotopic (exact) mass is 311 g/mol.